The Kier molecular flexibility index (Phi) is 7.59. The first-order valence-electron chi connectivity index (χ1n) is 9.63. The molecule has 3 rings (SSSR count). The van der Waals surface area contributed by atoms with Gasteiger partial charge < -0.3 is 15.2 Å². The number of nitrogens with one attached hydrogen (secondary N) is 2. The molecular weight excluding hydrogens is 432 g/mol. The number of benzene rings is 1. The first kappa shape index (κ1) is 22.7. The molecule has 1 atom stereocenters. The maximum absolute atomic E-state index is 12.6. The lowest BCUT2D eigenvalue weighted by molar-refractivity contribution is -0.113. The summed E-state index contributed by atoms with van der Waals surface area (Å²) in [6.07, 6.45) is 1.73. The highest BCUT2D eigenvalue weighted by Gasteiger charge is 2.20. The molecule has 0 spiro atoms. The molecule has 0 aliphatic heterocycles. The van der Waals surface area contributed by atoms with Crippen molar-refractivity contribution in [3.8, 4) is 0 Å². The number of aromatic nitrogens is 4. The number of carbonyl (C=O) groups excluding carboxylic acids is 2. The Morgan fingerprint density at radius 2 is 2.13 bits per heavy atom. The molecule has 3 aromatic rings. The molecule has 0 aliphatic rings. The van der Waals surface area contributed by atoms with Crippen LogP contribution in [-0.4, -0.2) is 37.3 Å². The van der Waals surface area contributed by atoms with E-state index in [0.29, 0.717) is 28.2 Å². The van der Waals surface area contributed by atoms with Gasteiger partial charge in [-0.2, -0.15) is 0 Å². The van der Waals surface area contributed by atoms with Crippen LogP contribution in [0.2, 0.25) is 0 Å². The van der Waals surface area contributed by atoms with Crippen LogP contribution in [0.4, 0.5) is 5.13 Å². The molecule has 8 nitrogen and oxygen atoms in total. The number of hydrogen-bond donors (Lipinski definition) is 2. The second-order valence-electron chi connectivity index (χ2n) is 6.94. The van der Waals surface area contributed by atoms with Crippen molar-refractivity contribution in [2.75, 3.05) is 11.1 Å². The molecule has 2 amide bonds. The number of anilines is 1. The number of carbonyl (C=O) groups is 2. The van der Waals surface area contributed by atoms with E-state index >= 15 is 0 Å². The lowest BCUT2D eigenvalue weighted by Gasteiger charge is -2.15. The lowest BCUT2D eigenvalue weighted by Crippen LogP contribution is -2.28. The van der Waals surface area contributed by atoms with Crippen molar-refractivity contribution in [1.29, 1.82) is 0 Å². The molecule has 0 aliphatic carbocycles. The topological polar surface area (TPSA) is 102 Å². The number of aryl methyl sites for hydroxylation is 2. The van der Waals surface area contributed by atoms with Crippen LogP contribution in [0.3, 0.4) is 0 Å². The van der Waals surface area contributed by atoms with Gasteiger partial charge in [-0.1, -0.05) is 35.5 Å². The van der Waals surface area contributed by atoms with E-state index in [0.717, 1.165) is 11.3 Å². The summed E-state index contributed by atoms with van der Waals surface area (Å²) in [5, 5.41) is 17.2. The average molecular weight is 457 g/mol. The smallest absolute Gasteiger partial charge is 0.251 e. The standard InChI is InChI=1S/C21H24N6O2S2/c1-5-9-27-18(15(4)23-19(29)16-8-6-7-13(2)10-16)25-26-21(27)31-12-17(28)24-20-22-14(3)11-30-20/h5-8,10-11,15H,1,9,12H2,2-4H3,(H,23,29)(H,22,24,28)/t15-/m1/s1. The average Bonchev–Trinajstić information content (AvgIpc) is 3.32. The van der Waals surface area contributed by atoms with Crippen LogP contribution in [0.5, 0.6) is 0 Å². The first-order valence-corrected chi connectivity index (χ1v) is 11.5. The van der Waals surface area contributed by atoms with Crippen LogP contribution < -0.4 is 10.6 Å². The molecule has 2 heterocycles. The van der Waals surface area contributed by atoms with Crippen LogP contribution >= 0.6 is 23.1 Å². The zero-order chi connectivity index (χ0) is 22.4. The number of amides is 2. The van der Waals surface area contributed by atoms with Crippen LogP contribution in [0.15, 0.2) is 47.5 Å². The van der Waals surface area contributed by atoms with Gasteiger partial charge in [0.2, 0.25) is 5.91 Å². The molecule has 162 valence electrons. The van der Waals surface area contributed by atoms with Gasteiger partial charge in [0.05, 0.1) is 17.5 Å². The number of allylic oxidation sites excluding steroid dienone is 1. The third kappa shape index (κ3) is 6.02. The summed E-state index contributed by atoms with van der Waals surface area (Å²) >= 11 is 2.65. The molecule has 0 unspecified atom stereocenters. The number of thiazole rings is 1. The van der Waals surface area contributed by atoms with Crippen LogP contribution in [0.1, 0.15) is 40.4 Å². The summed E-state index contributed by atoms with van der Waals surface area (Å²) in [7, 11) is 0. The van der Waals surface area contributed by atoms with E-state index in [-0.39, 0.29) is 23.6 Å². The highest BCUT2D eigenvalue weighted by atomic mass is 32.2. The van der Waals surface area contributed by atoms with Gasteiger partial charge in [0.15, 0.2) is 16.1 Å². The van der Waals surface area contributed by atoms with E-state index in [1.54, 1.807) is 12.1 Å². The number of hydrogen-bond acceptors (Lipinski definition) is 7. The van der Waals surface area contributed by atoms with Crippen molar-refractivity contribution >= 4 is 40.0 Å². The number of rotatable bonds is 9. The summed E-state index contributed by atoms with van der Waals surface area (Å²) in [4.78, 5) is 29.1. The quantitative estimate of drug-likeness (QED) is 0.375. The van der Waals surface area contributed by atoms with Gasteiger partial charge in [0, 0.05) is 17.5 Å². The fourth-order valence-electron chi connectivity index (χ4n) is 2.86. The van der Waals surface area contributed by atoms with Gasteiger partial charge in [-0.15, -0.1) is 28.1 Å². The molecular formula is C21H24N6O2S2. The zero-order valence-electron chi connectivity index (χ0n) is 17.6. The molecule has 1 aromatic carbocycles. The molecule has 2 aromatic heterocycles. The second-order valence-corrected chi connectivity index (χ2v) is 8.74. The molecule has 0 saturated heterocycles. The largest absolute Gasteiger partial charge is 0.342 e. The predicted octanol–water partition coefficient (Wildman–Crippen LogP) is 3.76. The van der Waals surface area contributed by atoms with E-state index in [2.05, 4.69) is 32.4 Å². The summed E-state index contributed by atoms with van der Waals surface area (Å²) in [5.41, 5.74) is 2.47. The minimum Gasteiger partial charge on any atom is -0.342 e. The van der Waals surface area contributed by atoms with Crippen molar-refractivity contribution in [2.45, 2.75) is 38.5 Å². The molecule has 31 heavy (non-hydrogen) atoms. The van der Waals surface area contributed by atoms with Gasteiger partial charge in [0.25, 0.3) is 5.91 Å². The van der Waals surface area contributed by atoms with Crippen LogP contribution in [-0.2, 0) is 11.3 Å². The number of nitrogens with zero attached hydrogens (tertiary/aromatic N) is 4. The Balaban J connectivity index is 1.66. The molecule has 0 radical (unpaired) electrons. The lowest BCUT2D eigenvalue weighted by atomic mass is 10.1. The molecule has 0 fully saturated rings. The molecule has 0 saturated carbocycles. The number of thioether (sulfide) groups is 1. The Hall–Kier alpha value is -2.98. The minimum atomic E-state index is -0.373. The fourth-order valence-corrected chi connectivity index (χ4v) is 4.31. The normalized spacial score (nSPS) is 11.7. The van der Waals surface area contributed by atoms with Gasteiger partial charge in [0.1, 0.15) is 0 Å². The predicted molar refractivity (Wildman–Crippen MR) is 123 cm³/mol. The maximum Gasteiger partial charge on any atom is 0.251 e. The van der Waals surface area contributed by atoms with E-state index < -0.39 is 0 Å². The maximum atomic E-state index is 12.6. The van der Waals surface area contributed by atoms with E-state index in [9.17, 15) is 9.59 Å². The highest BCUT2D eigenvalue weighted by Crippen LogP contribution is 2.22. The van der Waals surface area contributed by atoms with Crippen molar-refractivity contribution in [2.24, 2.45) is 0 Å². The van der Waals surface area contributed by atoms with Crippen LogP contribution in [0, 0.1) is 13.8 Å². The summed E-state index contributed by atoms with van der Waals surface area (Å²) < 4.78 is 1.85. The Morgan fingerprint density at radius 3 is 2.81 bits per heavy atom. The van der Waals surface area contributed by atoms with Gasteiger partial charge >= 0.3 is 0 Å². The van der Waals surface area contributed by atoms with E-state index in [1.165, 1.54) is 23.1 Å². The van der Waals surface area contributed by atoms with Crippen molar-refractivity contribution in [3.63, 3.8) is 0 Å². The molecule has 0 bridgehead atoms. The fraction of sp³-hybridized carbons (Fsp3) is 0.286. The van der Waals surface area contributed by atoms with Gasteiger partial charge in [-0.05, 0) is 32.9 Å². The van der Waals surface area contributed by atoms with Crippen molar-refractivity contribution in [1.82, 2.24) is 25.1 Å². The Morgan fingerprint density at radius 1 is 1.32 bits per heavy atom. The molecule has 10 heteroatoms. The van der Waals surface area contributed by atoms with Crippen molar-refractivity contribution in [3.05, 3.63) is 64.9 Å². The van der Waals surface area contributed by atoms with E-state index in [1.807, 2.05) is 48.9 Å². The van der Waals surface area contributed by atoms with Crippen LogP contribution in [0.25, 0.3) is 0 Å². The van der Waals surface area contributed by atoms with Gasteiger partial charge in [-0.3, -0.25) is 9.59 Å². The minimum absolute atomic E-state index is 0.165. The Labute approximate surface area is 189 Å². The third-order valence-electron chi connectivity index (χ3n) is 4.27. The summed E-state index contributed by atoms with van der Waals surface area (Å²) in [5.74, 6) is 0.406. The van der Waals surface area contributed by atoms with Gasteiger partial charge in [-0.25, -0.2) is 4.98 Å². The van der Waals surface area contributed by atoms with Crippen molar-refractivity contribution < 1.29 is 9.59 Å². The first-order chi connectivity index (χ1) is 14.9. The SMILES string of the molecule is C=CCn1c(SCC(=O)Nc2nc(C)cs2)nnc1[C@@H](C)NC(=O)c1cccc(C)c1. The monoisotopic (exact) mass is 456 g/mol. The van der Waals surface area contributed by atoms with E-state index in [4.69, 9.17) is 0 Å². The summed E-state index contributed by atoms with van der Waals surface area (Å²) in [6.45, 7) is 9.92. The summed E-state index contributed by atoms with van der Waals surface area (Å²) in [6, 6.07) is 7.02. The zero-order valence-corrected chi connectivity index (χ0v) is 19.2. The second kappa shape index (κ2) is 10.4. The Bertz CT molecular complexity index is 1090. The third-order valence-corrected chi connectivity index (χ3v) is 6.11. The molecule has 2 N–H and O–H groups in total. The highest BCUT2D eigenvalue weighted by molar-refractivity contribution is 7.99.